The zero-order valence-electron chi connectivity index (χ0n) is 40.7. The van der Waals surface area contributed by atoms with Gasteiger partial charge in [-0.25, -0.2) is 0 Å². The summed E-state index contributed by atoms with van der Waals surface area (Å²) in [6, 6.07) is 54.3. The molecule has 0 amide bonds. The zero-order chi connectivity index (χ0) is 48.7. The summed E-state index contributed by atoms with van der Waals surface area (Å²) in [5.41, 5.74) is 13.8. The second-order valence-corrected chi connectivity index (χ2v) is 17.6. The van der Waals surface area contributed by atoms with E-state index < -0.39 is 6.04 Å². The smallest absolute Gasteiger partial charge is 0.0616 e. The van der Waals surface area contributed by atoms with E-state index >= 15 is 0 Å². The van der Waals surface area contributed by atoms with Crippen molar-refractivity contribution in [1.29, 1.82) is 0 Å². The number of fused-ring (bicyclic) bond motifs is 5. The third-order valence-corrected chi connectivity index (χ3v) is 13.7. The van der Waals surface area contributed by atoms with E-state index in [4.69, 9.17) is 16.6 Å². The van der Waals surface area contributed by atoms with Crippen molar-refractivity contribution in [2.45, 2.75) is 26.2 Å². The minimum Gasteiger partial charge on any atom is -0.0616 e. The van der Waals surface area contributed by atoms with Crippen LogP contribution in [0.2, 0.25) is 0 Å². The van der Waals surface area contributed by atoms with E-state index in [1.54, 1.807) is 6.20 Å². The molecule has 0 fully saturated rings. The van der Waals surface area contributed by atoms with Crippen LogP contribution in [0.4, 0.5) is 0 Å². The van der Waals surface area contributed by atoms with Gasteiger partial charge in [-0.2, -0.15) is 0 Å². The average Bonchev–Trinajstić information content (AvgIpc) is 3.88. The van der Waals surface area contributed by atoms with Gasteiger partial charge >= 0.3 is 323 Å². The Morgan fingerprint density at radius 2 is 1.27 bits per heavy atom. The molecule has 0 saturated heterocycles. The van der Waals surface area contributed by atoms with E-state index in [1.165, 1.54) is 5.56 Å². The number of hydrogen-bond acceptors (Lipinski definition) is 3. The Morgan fingerprint density at radius 1 is 0.591 bits per heavy atom. The maximum atomic E-state index is 13.0. The zero-order valence-corrected chi connectivity index (χ0v) is 38.0. The first-order valence-electron chi connectivity index (χ1n) is 24.4. The number of rotatable bonds is 8. The summed E-state index contributed by atoms with van der Waals surface area (Å²) in [5.74, 6) is 2.15. The topological polar surface area (TPSA) is 54.0 Å². The first-order valence-corrected chi connectivity index (χ1v) is 23.0. The minimum atomic E-state index is -0.431. The molecule has 0 radical (unpaired) electrons. The van der Waals surface area contributed by atoms with Gasteiger partial charge in [0.2, 0.25) is 0 Å². The monoisotopic (exact) mass is 1040 g/mol. The number of carbonyl (C=O) groups excluding carboxylic acids is 1. The fourth-order valence-electron chi connectivity index (χ4n) is 9.72. The van der Waals surface area contributed by atoms with Crippen molar-refractivity contribution in [3.8, 4) is 62.1 Å². The normalized spacial score (nSPS) is 13.6. The number of ketones is 1. The number of nitrogens with zero attached hydrogens (tertiary/aromatic N) is 4. The first kappa shape index (κ1) is 34.7. The van der Waals surface area contributed by atoms with Gasteiger partial charge in [0, 0.05) is 11.8 Å². The first-order chi connectivity index (χ1) is 34.5. The van der Waals surface area contributed by atoms with Gasteiger partial charge in [0.15, 0.2) is 0 Å². The van der Waals surface area contributed by atoms with Crippen LogP contribution in [-0.4, -0.2) is 24.5 Å². The molecule has 0 spiro atoms. The van der Waals surface area contributed by atoms with Crippen molar-refractivity contribution in [3.05, 3.63) is 221 Å². The second-order valence-electron chi connectivity index (χ2n) is 16.6. The van der Waals surface area contributed by atoms with Crippen LogP contribution in [0, 0.1) is 10.7 Å². The van der Waals surface area contributed by atoms with Crippen LogP contribution >= 0.6 is 0 Å². The SMILES string of the molecule is [2H]c1c([2H])c([2H])c(-c2cnc(-n3c4ccccc4c4ccc(Oc5cccc(-n6[c](=[Pt])n(-c7c(-c8ccccc8)cc8c(c7-c7ccccc7)CCC(=O)C8)c7ccccc76)c5)cc43)cc2C)c([2H])c1[2H]. The van der Waals surface area contributed by atoms with Gasteiger partial charge in [0.05, 0.1) is 6.85 Å². The maximum absolute atomic E-state index is 13.0. The number of pyridine rings is 1. The Balaban J connectivity index is 0.982. The van der Waals surface area contributed by atoms with Gasteiger partial charge in [0.1, 0.15) is 0 Å². The summed E-state index contributed by atoms with van der Waals surface area (Å²) in [5, 5.41) is 2.04. The van der Waals surface area contributed by atoms with Crippen LogP contribution in [0.3, 0.4) is 0 Å². The molecule has 0 bridgehead atoms. The molecular formula is C59H42N4O2Pt. The predicted octanol–water partition coefficient (Wildman–Crippen LogP) is 14.2. The summed E-state index contributed by atoms with van der Waals surface area (Å²) < 4.78 is 56.3. The molecular weight excluding hydrogens is 992 g/mol. The van der Waals surface area contributed by atoms with Crippen molar-refractivity contribution in [2.24, 2.45) is 0 Å². The molecule has 12 rings (SSSR count). The average molecular weight is 1040 g/mol. The fraction of sp³-hybridized carbons (Fsp3) is 0.0678. The number of imidazole rings is 1. The van der Waals surface area contributed by atoms with Crippen molar-refractivity contribution >= 4 is 38.6 Å². The van der Waals surface area contributed by atoms with Crippen LogP contribution in [-0.2, 0) is 37.0 Å². The molecule has 0 aliphatic heterocycles. The summed E-state index contributed by atoms with van der Waals surface area (Å²) >= 11 is 2.46. The molecule has 3 heterocycles. The van der Waals surface area contributed by atoms with E-state index in [0.29, 0.717) is 47.7 Å². The number of benzene rings is 8. The standard InChI is InChI=1S/C59H42N4O2.Pt/c1-39-32-57(60-37-52(39)41-18-7-3-8-19-41)63-53-25-12-11-24-49(53)50-31-29-47(36-56(50)63)65-46-23-15-22-44(35-46)61-38-62(55-27-14-13-26-54(55)61)59-51(40-16-5-2-6-17-40)34-43-33-45(64)28-30-48(43)58(59)42-20-9-4-10-21-42;/h2-27,29,31-32,34-37H,28,30,33H2,1H3;/i3D,7D,8D,18D,19D;. The van der Waals surface area contributed by atoms with Crippen molar-refractivity contribution < 1.29 is 35.7 Å². The molecule has 1 aliphatic carbocycles. The Bertz CT molecular complexity index is 4040. The van der Waals surface area contributed by atoms with Gasteiger partial charge in [-0.3, -0.25) is 0 Å². The Kier molecular flexibility index (Phi) is 8.62. The van der Waals surface area contributed by atoms with E-state index in [0.717, 1.165) is 75.8 Å². The van der Waals surface area contributed by atoms with E-state index in [-0.39, 0.29) is 35.5 Å². The van der Waals surface area contributed by atoms with Crippen molar-refractivity contribution in [2.75, 3.05) is 0 Å². The molecule has 8 aromatic carbocycles. The number of hydrogen-bond donors (Lipinski definition) is 0. The summed E-state index contributed by atoms with van der Waals surface area (Å²) in [6.45, 7) is 1.87. The fourth-order valence-corrected chi connectivity index (χ4v) is 10.8. The molecule has 0 N–H and O–H groups in total. The molecule has 7 heteroatoms. The molecule has 11 aromatic rings. The van der Waals surface area contributed by atoms with E-state index in [2.05, 4.69) is 136 Å². The second kappa shape index (κ2) is 16.4. The van der Waals surface area contributed by atoms with Crippen molar-refractivity contribution in [3.63, 3.8) is 0 Å². The molecule has 0 saturated carbocycles. The van der Waals surface area contributed by atoms with Gasteiger partial charge in [0.25, 0.3) is 0 Å². The Morgan fingerprint density at radius 3 is 2.05 bits per heavy atom. The number of aromatic nitrogens is 4. The van der Waals surface area contributed by atoms with Crippen LogP contribution in [0.5, 0.6) is 11.5 Å². The van der Waals surface area contributed by atoms with E-state index in [1.807, 2.05) is 67.6 Å². The molecule has 1 aliphatic rings. The number of aryl methyl sites for hydroxylation is 1. The predicted molar refractivity (Wildman–Crippen MR) is 263 cm³/mol. The van der Waals surface area contributed by atoms with Gasteiger partial charge in [-0.1, -0.05) is 42.3 Å². The van der Waals surface area contributed by atoms with Gasteiger partial charge < -0.3 is 0 Å². The summed E-state index contributed by atoms with van der Waals surface area (Å²) in [6.07, 6.45) is 3.21. The van der Waals surface area contributed by atoms with Crippen molar-refractivity contribution in [1.82, 2.24) is 18.7 Å². The number of para-hydroxylation sites is 3. The number of ether oxygens (including phenoxy) is 1. The molecule has 0 unspecified atom stereocenters. The van der Waals surface area contributed by atoms with Crippen LogP contribution < -0.4 is 4.74 Å². The van der Waals surface area contributed by atoms with Crippen LogP contribution in [0.15, 0.2) is 200 Å². The molecule has 6 nitrogen and oxygen atoms in total. The molecule has 3 aromatic heterocycles. The molecule has 66 heavy (non-hydrogen) atoms. The van der Waals surface area contributed by atoms with E-state index in [9.17, 15) is 4.79 Å². The summed E-state index contributed by atoms with van der Waals surface area (Å²) in [7, 11) is 0. The molecule has 0 atom stereocenters. The summed E-state index contributed by atoms with van der Waals surface area (Å²) in [4.78, 5) is 17.9. The Labute approximate surface area is 400 Å². The van der Waals surface area contributed by atoms with Gasteiger partial charge in [-0.05, 0) is 18.1 Å². The van der Waals surface area contributed by atoms with Crippen LogP contribution in [0.25, 0.3) is 83.4 Å². The minimum absolute atomic E-state index is 0.122. The third-order valence-electron chi connectivity index (χ3n) is 12.7. The van der Waals surface area contributed by atoms with Gasteiger partial charge in [-0.15, -0.1) is 0 Å². The third kappa shape index (κ3) is 6.80. The molecule has 320 valence electrons. The quantitative estimate of drug-likeness (QED) is 0.152. The van der Waals surface area contributed by atoms with Crippen LogP contribution in [0.1, 0.15) is 30.0 Å². The number of Topliss-reactive ketones (excluding diaryl/α,β-unsaturated/α-hetero) is 1. The Hall–Kier alpha value is -7.66. The number of carbonyl (C=O) groups is 1.